The maximum atomic E-state index is 14.4. The lowest BCUT2D eigenvalue weighted by Gasteiger charge is -2.42. The number of piperidine rings is 3. The van der Waals surface area contributed by atoms with Gasteiger partial charge in [-0.05, 0) is 218 Å². The van der Waals surface area contributed by atoms with E-state index in [9.17, 15) is 76.7 Å². The third kappa shape index (κ3) is 27.8. The van der Waals surface area contributed by atoms with Gasteiger partial charge in [0.2, 0.25) is 94.5 Å². The number of likely N-dealkylation sites (tertiary alicyclic amines) is 3. The number of nitrogens with one attached hydrogen (secondary N) is 13. The summed E-state index contributed by atoms with van der Waals surface area (Å²) in [7, 11) is 0. The monoisotopic (exact) mass is 1610 g/mol. The van der Waals surface area contributed by atoms with Gasteiger partial charge in [0.25, 0.3) is 0 Å². The molecule has 0 aliphatic carbocycles. The Morgan fingerprint density at radius 1 is 0.351 bits per heavy atom. The molecular formula is C80H138N18O16. The van der Waals surface area contributed by atoms with Crippen LogP contribution >= 0.6 is 0 Å². The van der Waals surface area contributed by atoms with E-state index in [1.807, 2.05) is 27.7 Å². The van der Waals surface area contributed by atoms with Gasteiger partial charge in [-0.15, -0.1) is 0 Å². The van der Waals surface area contributed by atoms with E-state index in [1.54, 1.807) is 27.7 Å². The zero-order valence-electron chi connectivity index (χ0n) is 71.9. The highest BCUT2D eigenvalue weighted by atomic mass is 16.2. The van der Waals surface area contributed by atoms with Crippen molar-refractivity contribution in [2.24, 2.45) is 17.8 Å². The summed E-state index contributed by atoms with van der Waals surface area (Å²) in [5.74, 6) is -9.78. The topological polar surface area (TPSA) is 446 Å². The molecule has 5 aliphatic heterocycles. The highest BCUT2D eigenvalue weighted by Crippen LogP contribution is 2.29. The first kappa shape index (κ1) is 96.0. The number of rotatable bonds is 37. The molecule has 13 N–H and O–H groups in total. The van der Waals surface area contributed by atoms with Gasteiger partial charge in [-0.2, -0.15) is 0 Å². The van der Waals surface area contributed by atoms with Gasteiger partial charge in [0.1, 0.15) is 69.0 Å². The van der Waals surface area contributed by atoms with Crippen molar-refractivity contribution in [2.45, 2.75) is 329 Å². The van der Waals surface area contributed by atoms with Crippen molar-refractivity contribution < 1.29 is 76.7 Å². The molecule has 5 fully saturated rings. The maximum Gasteiger partial charge on any atom is 0.248 e. The van der Waals surface area contributed by atoms with E-state index >= 15 is 0 Å². The highest BCUT2D eigenvalue weighted by molar-refractivity contribution is 6.02. The fourth-order valence-electron chi connectivity index (χ4n) is 15.2. The average Bonchev–Trinajstić information content (AvgIpc) is 0.998. The summed E-state index contributed by atoms with van der Waals surface area (Å²) >= 11 is 0. The Morgan fingerprint density at radius 3 is 1.27 bits per heavy atom. The van der Waals surface area contributed by atoms with Crippen molar-refractivity contribution in [3.8, 4) is 0 Å². The Balaban J connectivity index is 1.06. The molecule has 0 spiro atoms. The lowest BCUT2D eigenvalue weighted by atomic mass is 9.93. The van der Waals surface area contributed by atoms with Gasteiger partial charge in [-0.25, -0.2) is 0 Å². The van der Waals surface area contributed by atoms with Gasteiger partial charge in [-0.3, -0.25) is 86.5 Å². The molecule has 0 aromatic rings. The van der Waals surface area contributed by atoms with Crippen LogP contribution in [-0.4, -0.2) is 266 Å². The van der Waals surface area contributed by atoms with E-state index in [2.05, 4.69) is 92.8 Å². The van der Waals surface area contributed by atoms with Crippen LogP contribution in [0.5, 0.6) is 0 Å². The molecule has 5 rings (SSSR count). The van der Waals surface area contributed by atoms with Crippen molar-refractivity contribution in [2.75, 3.05) is 65.4 Å². The van der Waals surface area contributed by atoms with Gasteiger partial charge in [0, 0.05) is 65.2 Å². The van der Waals surface area contributed by atoms with Crippen molar-refractivity contribution in [1.82, 2.24) is 93.6 Å². The lowest BCUT2D eigenvalue weighted by Crippen LogP contribution is -2.67. The Hall–Kier alpha value is -8.56. The fourth-order valence-corrected chi connectivity index (χ4v) is 15.2. The van der Waals surface area contributed by atoms with Gasteiger partial charge in [0.15, 0.2) is 0 Å². The Labute approximate surface area is 674 Å². The molecule has 644 valence electrons. The molecule has 0 saturated carbocycles. The van der Waals surface area contributed by atoms with Crippen molar-refractivity contribution in [1.29, 1.82) is 0 Å². The van der Waals surface area contributed by atoms with E-state index in [1.165, 1.54) is 90.9 Å². The molecule has 0 radical (unpaired) electrons. The van der Waals surface area contributed by atoms with Gasteiger partial charge in [0.05, 0.1) is 19.3 Å². The van der Waals surface area contributed by atoms with Crippen LogP contribution in [0.25, 0.3) is 0 Å². The second-order valence-electron chi connectivity index (χ2n) is 36.7. The van der Waals surface area contributed by atoms with Crippen LogP contribution in [0, 0.1) is 17.8 Å². The Morgan fingerprint density at radius 2 is 0.763 bits per heavy atom. The molecule has 0 aromatic carbocycles. The minimum Gasteiger partial charge on any atom is -0.354 e. The maximum absolute atomic E-state index is 14.4. The summed E-state index contributed by atoms with van der Waals surface area (Å²) in [6.07, 6.45) is 9.17. The molecule has 5 heterocycles. The largest absolute Gasteiger partial charge is 0.354 e. The first-order chi connectivity index (χ1) is 52.7. The zero-order valence-corrected chi connectivity index (χ0v) is 71.9. The summed E-state index contributed by atoms with van der Waals surface area (Å²) in [5, 5.41) is 35.4. The molecule has 0 aromatic heterocycles. The SMILES string of the molecule is CC(=O)N1CCCCC1C(=O)NC(C)(C)C(=O)N1CCCCC1C(=O)NC(C)(C)C(=O)NC(C)(C)C(=O)N[C@@H](CC(C)C)C(=O)NCCC(=O)NCC(=O)NC(C)(C)C(=O)NC(C)(C)C(=O)N1CCCCC1C(=O)NC(C)(C)C(=O)NCC(=O)N[C@H](CC(C)C)C(=O)NC(C)(C)C(=O)NC(CC(C)C)CN1CCCN2CCCC21. The predicted molar refractivity (Wildman–Crippen MR) is 428 cm³/mol. The molecule has 0 bridgehead atoms. The molecule has 5 saturated heterocycles. The van der Waals surface area contributed by atoms with Gasteiger partial charge >= 0.3 is 0 Å². The lowest BCUT2D eigenvalue weighted by molar-refractivity contribution is -0.150. The predicted octanol–water partition coefficient (Wildman–Crippen LogP) is 0.872. The first-order valence-electron chi connectivity index (χ1n) is 41.1. The quantitative estimate of drug-likeness (QED) is 0.0410. The molecule has 5 unspecified atom stereocenters. The molecule has 114 heavy (non-hydrogen) atoms. The molecule has 16 amide bonds. The fraction of sp³-hybridized carbons (Fsp3) is 0.800. The van der Waals surface area contributed by atoms with Crippen LogP contribution in [0.1, 0.15) is 248 Å². The van der Waals surface area contributed by atoms with Crippen LogP contribution in [0.15, 0.2) is 0 Å². The average molecular weight is 1610 g/mol. The summed E-state index contributed by atoms with van der Waals surface area (Å²) in [6.45, 7) is 36.8. The van der Waals surface area contributed by atoms with Crippen LogP contribution in [0.3, 0.4) is 0 Å². The van der Waals surface area contributed by atoms with E-state index in [0.717, 1.165) is 58.2 Å². The molecule has 34 heteroatoms. The smallest absolute Gasteiger partial charge is 0.248 e. The summed E-state index contributed by atoms with van der Waals surface area (Å²) < 4.78 is 0. The normalized spacial score (nSPS) is 19.7. The number of nitrogens with zero attached hydrogens (tertiary/aromatic N) is 5. The third-order valence-electron chi connectivity index (χ3n) is 21.7. The van der Waals surface area contributed by atoms with Gasteiger partial charge < -0.3 is 83.8 Å². The van der Waals surface area contributed by atoms with Crippen LogP contribution < -0.4 is 69.1 Å². The number of hydrogen-bond donors (Lipinski definition) is 13. The number of amides is 16. The van der Waals surface area contributed by atoms with Crippen LogP contribution in [0.2, 0.25) is 0 Å². The minimum absolute atomic E-state index is 0.0576. The summed E-state index contributed by atoms with van der Waals surface area (Å²) in [4.78, 5) is 229. The third-order valence-corrected chi connectivity index (χ3v) is 21.7. The van der Waals surface area contributed by atoms with Gasteiger partial charge in [-0.1, -0.05) is 41.5 Å². The van der Waals surface area contributed by atoms with E-state index in [-0.39, 0.29) is 81.4 Å². The molecule has 5 aliphatic rings. The van der Waals surface area contributed by atoms with Crippen molar-refractivity contribution in [3.63, 3.8) is 0 Å². The minimum atomic E-state index is -1.67. The highest BCUT2D eigenvalue weighted by Gasteiger charge is 2.48. The Kier molecular flexibility index (Phi) is 34.4. The second kappa shape index (κ2) is 40.8. The number of hydrogen-bond acceptors (Lipinski definition) is 18. The van der Waals surface area contributed by atoms with E-state index in [0.29, 0.717) is 57.3 Å². The van der Waals surface area contributed by atoms with Crippen LogP contribution in [-0.2, 0) is 76.7 Å². The van der Waals surface area contributed by atoms with Crippen molar-refractivity contribution >= 4 is 94.5 Å². The first-order valence-corrected chi connectivity index (χ1v) is 41.1. The zero-order chi connectivity index (χ0) is 86.0. The second-order valence-corrected chi connectivity index (χ2v) is 36.7. The number of carbonyl (C=O) groups excluding carboxylic acids is 16. The number of fused-ring (bicyclic) bond motifs is 1. The standard InChI is InChI=1S/C80H138N18O16/c1-48(2)42-52(47-95-38-29-37-94-36-28-33-61(94)95)84-68(109)75(10,11)88-63(104)54(44-50(5)6)85-59(101)45-83-67(108)74(8,9)89-65(106)56-31-24-27-41-98(56)73(114)80(20,21)93-70(111)77(14,15)87-60(102)46-82-58(100)34-35-81-62(103)53(43-49(3)4)86-69(110)76(12,13)92-71(112)78(16,17)90-66(107)57-32-23-26-40-97(57)72(113)79(18,19)91-64(105)55-30-22-25-39-96(55)51(7)99/h48-50,52-57,61H,22-47H2,1-21H3,(H,81,103)(H,82,100)(H,83,108)(H,84,109)(H,85,101)(H,86,110)(H,87,102)(H,88,104)(H,89,106)(H,90,107)(H,91,105)(H,92,112)(H,93,111)/t52?,53-,54+,55?,56?,57?,61?/m0/s1. The molecule has 7 atom stereocenters. The van der Waals surface area contributed by atoms with E-state index in [4.69, 9.17) is 0 Å². The molecule has 34 nitrogen and oxygen atoms in total. The summed E-state index contributed by atoms with van der Waals surface area (Å²) in [6, 6.07) is -5.17. The molecular weight excluding hydrogens is 1470 g/mol. The van der Waals surface area contributed by atoms with Crippen LogP contribution in [0.4, 0.5) is 0 Å². The summed E-state index contributed by atoms with van der Waals surface area (Å²) in [5.41, 5.74) is -11.1. The van der Waals surface area contributed by atoms with Crippen molar-refractivity contribution in [3.05, 3.63) is 0 Å². The van der Waals surface area contributed by atoms with E-state index < -0.39 is 165 Å². The Bertz CT molecular complexity index is 3500. The number of carbonyl (C=O) groups is 16.